The van der Waals surface area contributed by atoms with Crippen molar-refractivity contribution in [3.8, 4) is 0 Å². The first kappa shape index (κ1) is 8.29. The number of hydrogen-bond acceptors (Lipinski definition) is 5. The first-order chi connectivity index (χ1) is 5.34. The number of nitrogen functional groups attached to an aromatic ring is 1. The van der Waals surface area contributed by atoms with Gasteiger partial charge in [0, 0.05) is 19.5 Å². The van der Waals surface area contributed by atoms with Gasteiger partial charge in [0.05, 0.1) is 5.94 Å². The van der Waals surface area contributed by atoms with Crippen LogP contribution in [0.5, 0.6) is 0 Å². The summed E-state index contributed by atoms with van der Waals surface area (Å²) in [6.45, 7) is 0. The molecule has 0 saturated heterocycles. The lowest BCUT2D eigenvalue weighted by atomic mass is 10.7. The normalized spacial score (nSPS) is 9.91. The van der Waals surface area contributed by atoms with E-state index in [4.69, 9.17) is 10.5 Å². The second-order valence-corrected chi connectivity index (χ2v) is 2.71. The lowest BCUT2D eigenvalue weighted by molar-refractivity contribution is 0.258. The highest BCUT2D eigenvalue weighted by molar-refractivity contribution is 7.99. The molecule has 0 aliphatic carbocycles. The predicted octanol–water partition coefficient (Wildman–Crippen LogP) is 0.755. The van der Waals surface area contributed by atoms with Crippen molar-refractivity contribution in [1.29, 1.82) is 0 Å². The number of methoxy groups -OCH3 is 1. The first-order valence-corrected chi connectivity index (χ1v) is 4.01. The lowest BCUT2D eigenvalue weighted by Gasteiger charge is -2.00. The Bertz CT molecular complexity index is 231. The Hall–Kier alpha value is -0.810. The summed E-state index contributed by atoms with van der Waals surface area (Å²) in [6.07, 6.45) is 3.17. The van der Waals surface area contributed by atoms with E-state index in [1.54, 1.807) is 19.5 Å². The molecular weight excluding hydrogens is 162 g/mol. The minimum Gasteiger partial charge on any atom is -0.381 e. The Kier molecular flexibility index (Phi) is 3.13. The van der Waals surface area contributed by atoms with Gasteiger partial charge in [-0.25, -0.2) is 9.97 Å². The predicted molar refractivity (Wildman–Crippen MR) is 44.2 cm³/mol. The molecule has 0 fully saturated rings. The van der Waals surface area contributed by atoms with E-state index >= 15 is 0 Å². The zero-order chi connectivity index (χ0) is 8.10. The van der Waals surface area contributed by atoms with Crippen LogP contribution in [0.2, 0.25) is 0 Å². The van der Waals surface area contributed by atoms with Gasteiger partial charge in [0.25, 0.3) is 0 Å². The molecule has 5 heteroatoms. The number of thioether (sulfide) groups is 1. The molecule has 1 aromatic rings. The number of aromatic nitrogens is 2. The van der Waals surface area contributed by atoms with E-state index in [0.717, 1.165) is 0 Å². The second kappa shape index (κ2) is 4.15. The maximum absolute atomic E-state index is 5.51. The van der Waals surface area contributed by atoms with Crippen LogP contribution >= 0.6 is 11.8 Å². The molecule has 0 bridgehead atoms. The Balaban J connectivity index is 2.62. The van der Waals surface area contributed by atoms with E-state index in [2.05, 4.69) is 9.97 Å². The van der Waals surface area contributed by atoms with Crippen molar-refractivity contribution in [2.24, 2.45) is 0 Å². The molecule has 0 radical (unpaired) electrons. The summed E-state index contributed by atoms with van der Waals surface area (Å²) in [7, 11) is 1.62. The molecule has 2 N–H and O–H groups in total. The summed E-state index contributed by atoms with van der Waals surface area (Å²) in [5.74, 6) is 0.998. The molecule has 0 aliphatic rings. The highest BCUT2D eigenvalue weighted by atomic mass is 32.2. The van der Waals surface area contributed by atoms with Crippen molar-refractivity contribution in [2.75, 3.05) is 18.8 Å². The molecule has 0 atom stereocenters. The Morgan fingerprint density at radius 2 is 2.27 bits per heavy atom. The summed E-state index contributed by atoms with van der Waals surface area (Å²) >= 11 is 1.43. The van der Waals surface area contributed by atoms with E-state index in [1.165, 1.54) is 11.8 Å². The SMILES string of the molecule is COCSc1nccnc1N. The molecule has 0 saturated carbocycles. The zero-order valence-electron chi connectivity index (χ0n) is 6.15. The number of nitrogens with zero attached hydrogens (tertiary/aromatic N) is 2. The van der Waals surface area contributed by atoms with E-state index in [1.807, 2.05) is 0 Å². The van der Waals surface area contributed by atoms with Crippen molar-refractivity contribution in [3.05, 3.63) is 12.4 Å². The molecule has 1 heterocycles. The number of hydrogen-bond donors (Lipinski definition) is 1. The Morgan fingerprint density at radius 1 is 1.55 bits per heavy atom. The van der Waals surface area contributed by atoms with Crippen LogP contribution in [-0.2, 0) is 4.74 Å². The van der Waals surface area contributed by atoms with Gasteiger partial charge >= 0.3 is 0 Å². The van der Waals surface area contributed by atoms with Crippen LogP contribution in [0.3, 0.4) is 0 Å². The van der Waals surface area contributed by atoms with Crippen molar-refractivity contribution in [3.63, 3.8) is 0 Å². The fourth-order valence-corrected chi connectivity index (χ4v) is 1.13. The molecule has 1 aromatic heterocycles. The van der Waals surface area contributed by atoms with Crippen LogP contribution in [0.4, 0.5) is 5.82 Å². The second-order valence-electron chi connectivity index (χ2n) is 1.80. The average molecular weight is 171 g/mol. The van der Waals surface area contributed by atoms with Crippen LogP contribution in [-0.4, -0.2) is 23.0 Å². The van der Waals surface area contributed by atoms with Crippen molar-refractivity contribution in [1.82, 2.24) is 9.97 Å². The van der Waals surface area contributed by atoms with Gasteiger partial charge in [0.2, 0.25) is 0 Å². The van der Waals surface area contributed by atoms with Gasteiger partial charge in [0.15, 0.2) is 5.82 Å². The average Bonchev–Trinajstić information content (AvgIpc) is 2.03. The van der Waals surface area contributed by atoms with E-state index in [-0.39, 0.29) is 0 Å². The van der Waals surface area contributed by atoms with Crippen LogP contribution in [0.15, 0.2) is 17.4 Å². The summed E-state index contributed by atoms with van der Waals surface area (Å²) < 4.78 is 4.84. The van der Waals surface area contributed by atoms with Gasteiger partial charge in [-0.3, -0.25) is 0 Å². The van der Waals surface area contributed by atoms with Crippen LogP contribution in [0.1, 0.15) is 0 Å². The summed E-state index contributed by atoms with van der Waals surface area (Å²) in [4.78, 5) is 7.88. The Morgan fingerprint density at radius 3 is 2.91 bits per heavy atom. The van der Waals surface area contributed by atoms with E-state index in [9.17, 15) is 0 Å². The smallest absolute Gasteiger partial charge is 0.156 e. The monoisotopic (exact) mass is 171 g/mol. The summed E-state index contributed by atoms with van der Waals surface area (Å²) in [5, 5.41) is 0.717. The van der Waals surface area contributed by atoms with Crippen LogP contribution in [0, 0.1) is 0 Å². The molecular formula is C6H9N3OS. The Labute approximate surface area is 69.2 Å². The largest absolute Gasteiger partial charge is 0.381 e. The maximum Gasteiger partial charge on any atom is 0.156 e. The molecule has 0 aromatic carbocycles. The maximum atomic E-state index is 5.51. The molecule has 0 aliphatic heterocycles. The molecule has 60 valence electrons. The zero-order valence-corrected chi connectivity index (χ0v) is 6.97. The number of nitrogens with two attached hydrogens (primary N) is 1. The van der Waals surface area contributed by atoms with Gasteiger partial charge in [-0.05, 0) is 0 Å². The lowest BCUT2D eigenvalue weighted by Crippen LogP contribution is -1.95. The molecule has 4 nitrogen and oxygen atoms in total. The third-order valence-electron chi connectivity index (χ3n) is 1.00. The summed E-state index contributed by atoms with van der Waals surface area (Å²) in [5.41, 5.74) is 5.51. The van der Waals surface area contributed by atoms with Gasteiger partial charge in [-0.1, -0.05) is 11.8 Å². The fraction of sp³-hybridized carbons (Fsp3) is 0.333. The number of ether oxygens (including phenoxy) is 1. The number of rotatable bonds is 3. The molecule has 0 spiro atoms. The van der Waals surface area contributed by atoms with E-state index < -0.39 is 0 Å². The van der Waals surface area contributed by atoms with Crippen LogP contribution < -0.4 is 5.73 Å². The van der Waals surface area contributed by atoms with Gasteiger partial charge in [-0.15, -0.1) is 0 Å². The highest BCUT2D eigenvalue weighted by Gasteiger charge is 1.99. The third kappa shape index (κ3) is 2.36. The molecule has 11 heavy (non-hydrogen) atoms. The molecule has 1 rings (SSSR count). The third-order valence-corrected chi connectivity index (χ3v) is 1.95. The molecule has 0 unspecified atom stereocenters. The highest BCUT2D eigenvalue weighted by Crippen LogP contribution is 2.18. The van der Waals surface area contributed by atoms with Gasteiger partial charge in [-0.2, -0.15) is 0 Å². The summed E-state index contributed by atoms with van der Waals surface area (Å²) in [6, 6.07) is 0. The van der Waals surface area contributed by atoms with Crippen molar-refractivity contribution < 1.29 is 4.74 Å². The van der Waals surface area contributed by atoms with Crippen molar-refractivity contribution in [2.45, 2.75) is 5.03 Å². The number of anilines is 1. The first-order valence-electron chi connectivity index (χ1n) is 3.03. The van der Waals surface area contributed by atoms with Crippen LogP contribution in [0.25, 0.3) is 0 Å². The molecule has 0 amide bonds. The van der Waals surface area contributed by atoms with Gasteiger partial charge < -0.3 is 10.5 Å². The van der Waals surface area contributed by atoms with E-state index in [0.29, 0.717) is 16.8 Å². The quantitative estimate of drug-likeness (QED) is 0.537. The fourth-order valence-electron chi connectivity index (χ4n) is 0.562. The van der Waals surface area contributed by atoms with Gasteiger partial charge in [0.1, 0.15) is 5.03 Å². The minimum atomic E-state index is 0.453. The standard InChI is InChI=1S/C6H9N3OS/c1-10-4-11-6-5(7)8-2-3-9-6/h2-3H,4H2,1H3,(H2,7,8). The minimum absolute atomic E-state index is 0.453. The van der Waals surface area contributed by atoms with Crippen molar-refractivity contribution >= 4 is 17.6 Å². The topological polar surface area (TPSA) is 61.0 Å².